The predicted octanol–water partition coefficient (Wildman–Crippen LogP) is 16.8. The van der Waals surface area contributed by atoms with Crippen LogP contribution in [0.2, 0.25) is 0 Å². The van der Waals surface area contributed by atoms with Gasteiger partial charge in [0.1, 0.15) is 0 Å². The molecule has 69 heavy (non-hydrogen) atoms. The van der Waals surface area contributed by atoms with Crippen molar-refractivity contribution in [2.45, 2.75) is 167 Å². The Morgan fingerprint density at radius 2 is 1.17 bits per heavy atom. The zero-order chi connectivity index (χ0) is 46.9. The number of fused-ring (bicyclic) bond motifs is 9. The van der Waals surface area contributed by atoms with Gasteiger partial charge in [0.25, 0.3) is 6.71 Å². The molecule has 7 aromatic rings. The fourth-order valence-corrected chi connectivity index (χ4v) is 15.2. The molecule has 352 valence electrons. The third-order valence-corrected chi connectivity index (χ3v) is 19.1. The minimum atomic E-state index is -0.0406. The number of nitrogens with zero attached hydrogens (tertiary/aromatic N) is 3. The highest BCUT2D eigenvalue weighted by Gasteiger charge is 2.59. The van der Waals surface area contributed by atoms with Crippen molar-refractivity contribution in [3.05, 3.63) is 149 Å². The quantitative estimate of drug-likeness (QED) is 0.107. The van der Waals surface area contributed by atoms with Gasteiger partial charge in [0.05, 0.1) is 11.2 Å². The summed E-state index contributed by atoms with van der Waals surface area (Å²) in [5, 5.41) is 1.42. The summed E-state index contributed by atoms with van der Waals surface area (Å²) in [7, 11) is 0. The first-order valence-corrected chi connectivity index (χ1v) is 28.2. The van der Waals surface area contributed by atoms with Gasteiger partial charge >= 0.3 is 0 Å². The van der Waals surface area contributed by atoms with Crippen LogP contribution in [0.5, 0.6) is 0 Å². The Kier molecular flexibility index (Phi) is 11.8. The Morgan fingerprint density at radius 1 is 0.565 bits per heavy atom. The topological polar surface area (TPSA) is 9.72 Å². The second-order valence-electron chi connectivity index (χ2n) is 22.1. The highest BCUT2D eigenvalue weighted by molar-refractivity contribution is 7.33. The van der Waals surface area contributed by atoms with Crippen LogP contribution in [0.15, 0.2) is 121 Å². The number of thiophene rings is 1. The van der Waals surface area contributed by atoms with Crippen LogP contribution in [-0.4, -0.2) is 12.3 Å². The van der Waals surface area contributed by atoms with Crippen LogP contribution in [0.1, 0.15) is 165 Å². The number of aryl methyl sites for hydroxylation is 3. The van der Waals surface area contributed by atoms with Crippen LogP contribution in [0, 0.1) is 0 Å². The number of benzene rings is 6. The Labute approximate surface area is 418 Å². The van der Waals surface area contributed by atoms with Gasteiger partial charge in [-0.25, -0.2) is 0 Å². The lowest BCUT2D eigenvalue weighted by Crippen LogP contribution is -2.60. The lowest BCUT2D eigenvalue weighted by atomic mass is 9.35. The third kappa shape index (κ3) is 7.33. The molecule has 4 heterocycles. The van der Waals surface area contributed by atoms with Crippen LogP contribution in [0.25, 0.3) is 10.1 Å². The largest absolute Gasteiger partial charge is 0.334 e. The molecule has 2 saturated carbocycles. The first-order chi connectivity index (χ1) is 33.8. The van der Waals surface area contributed by atoms with E-state index in [0.29, 0.717) is 5.92 Å². The number of unbranched alkanes of at least 4 members (excludes halogenated alkanes) is 3. The van der Waals surface area contributed by atoms with E-state index in [2.05, 4.69) is 182 Å². The molecule has 2 fully saturated rings. The van der Waals surface area contributed by atoms with Gasteiger partial charge in [-0.1, -0.05) is 134 Å². The van der Waals surface area contributed by atoms with Crippen LogP contribution >= 0.6 is 11.3 Å². The van der Waals surface area contributed by atoms with Crippen molar-refractivity contribution in [1.29, 1.82) is 0 Å². The number of hydrogen-bond donors (Lipinski definition) is 0. The Hall–Kier alpha value is -5.26. The molecular weight excluding hydrogens is 854 g/mol. The zero-order valence-electron chi connectivity index (χ0n) is 42.2. The molecule has 0 bridgehead atoms. The molecule has 1 aromatic heterocycles. The molecule has 0 saturated heterocycles. The third-order valence-electron chi connectivity index (χ3n) is 17.9. The summed E-state index contributed by atoms with van der Waals surface area (Å²) in [5.41, 5.74) is 21.1. The summed E-state index contributed by atoms with van der Waals surface area (Å²) in [5.74, 6) is 0.551. The lowest BCUT2D eigenvalue weighted by molar-refractivity contribution is 0.195. The first-order valence-electron chi connectivity index (χ1n) is 27.4. The van der Waals surface area contributed by atoms with Crippen molar-refractivity contribution in [2.75, 3.05) is 14.7 Å². The van der Waals surface area contributed by atoms with E-state index in [4.69, 9.17) is 0 Å². The van der Waals surface area contributed by atoms with E-state index < -0.39 is 0 Å². The van der Waals surface area contributed by atoms with Crippen LogP contribution in [-0.2, 0) is 24.7 Å². The van der Waals surface area contributed by atoms with Gasteiger partial charge in [0, 0.05) is 60.1 Å². The second kappa shape index (κ2) is 18.2. The maximum absolute atomic E-state index is 2.79. The summed E-state index contributed by atoms with van der Waals surface area (Å²) in [6, 6.07) is 49.3. The summed E-state index contributed by atoms with van der Waals surface area (Å²) in [6.45, 7) is 12.3. The minimum absolute atomic E-state index is 0.00253. The monoisotopic (exact) mass is 926 g/mol. The molecule has 2 unspecified atom stereocenters. The van der Waals surface area contributed by atoms with Crippen molar-refractivity contribution >= 4 is 89.3 Å². The Morgan fingerprint density at radius 3 is 1.84 bits per heavy atom. The van der Waals surface area contributed by atoms with Gasteiger partial charge in [-0.05, 0) is 183 Å². The Balaban J connectivity index is 1.17. The fraction of sp³-hybridized carbons (Fsp3) is 0.406. The van der Waals surface area contributed by atoms with E-state index in [1.807, 2.05) is 0 Å². The standard InChI is InChI=1S/C64H72BN3S/c1-6-9-20-44-27-32-49(33-28-44)66-56-43-55-53(63(4)37-18-19-38-64(63,5)68(55)51-25-16-13-17-26-51)42-54(56)65-60-57(66)40-48(47-23-14-12-15-24-47)41-58(60)67(50-34-29-45(30-35-50)21-10-7-2)61-52-39-46(22-11-8-3)31-36-59(52)69-62(61)65/h13,16-17,25-36,39-43,47H,6-12,14-15,18-24,37-38H2,1-5H3. The number of hydrogen-bond acceptors (Lipinski definition) is 4. The average Bonchev–Trinajstić information content (AvgIpc) is 3.86. The van der Waals surface area contributed by atoms with Crippen molar-refractivity contribution in [1.82, 2.24) is 0 Å². The molecule has 0 N–H and O–H groups in total. The van der Waals surface area contributed by atoms with Crippen LogP contribution < -0.4 is 30.4 Å². The molecule has 3 nitrogen and oxygen atoms in total. The molecule has 0 radical (unpaired) electrons. The van der Waals surface area contributed by atoms with E-state index in [0.717, 1.165) is 19.3 Å². The molecular formula is C64H72BN3S. The SMILES string of the molecule is CCCCc1ccc(N2c3cc4c(cc3B3c5sc6ccc(CCCC)cc6c5N(c5ccc(CCCC)cc5)c5cc(C6CCCCC6)cc2c53)C2(C)CCCCC2(C)N4c2ccccc2)cc1. The summed E-state index contributed by atoms with van der Waals surface area (Å²) >= 11 is 2.07. The van der Waals surface area contributed by atoms with Gasteiger partial charge in [0.15, 0.2) is 0 Å². The minimum Gasteiger partial charge on any atom is -0.334 e. The number of rotatable bonds is 13. The number of anilines is 8. The molecule has 6 aromatic carbocycles. The van der Waals surface area contributed by atoms with Crippen LogP contribution in [0.3, 0.4) is 0 Å². The summed E-state index contributed by atoms with van der Waals surface area (Å²) in [6.07, 6.45) is 22.1. The second-order valence-corrected chi connectivity index (χ2v) is 23.2. The summed E-state index contributed by atoms with van der Waals surface area (Å²) in [4.78, 5) is 8.29. The van der Waals surface area contributed by atoms with E-state index in [9.17, 15) is 0 Å². The molecule has 3 aliphatic heterocycles. The van der Waals surface area contributed by atoms with Crippen molar-refractivity contribution in [3.8, 4) is 0 Å². The number of para-hydroxylation sites is 1. The van der Waals surface area contributed by atoms with Crippen molar-refractivity contribution < 1.29 is 0 Å². The van der Waals surface area contributed by atoms with Gasteiger partial charge in [-0.2, -0.15) is 0 Å². The van der Waals surface area contributed by atoms with E-state index >= 15 is 0 Å². The van der Waals surface area contributed by atoms with E-state index in [1.54, 1.807) is 5.56 Å². The predicted molar refractivity (Wildman–Crippen MR) is 300 cm³/mol. The van der Waals surface area contributed by atoms with Gasteiger partial charge in [-0.15, -0.1) is 11.3 Å². The van der Waals surface area contributed by atoms with Crippen molar-refractivity contribution in [2.24, 2.45) is 0 Å². The van der Waals surface area contributed by atoms with Gasteiger partial charge < -0.3 is 14.7 Å². The maximum atomic E-state index is 2.79. The summed E-state index contributed by atoms with van der Waals surface area (Å²) < 4.78 is 2.90. The highest BCUT2D eigenvalue weighted by Crippen LogP contribution is 2.62. The van der Waals surface area contributed by atoms with E-state index in [-0.39, 0.29) is 17.7 Å². The average molecular weight is 926 g/mol. The molecule has 0 spiro atoms. The zero-order valence-corrected chi connectivity index (χ0v) is 43.0. The maximum Gasteiger partial charge on any atom is 0.264 e. The van der Waals surface area contributed by atoms with Crippen molar-refractivity contribution in [3.63, 3.8) is 0 Å². The lowest BCUT2D eigenvalue weighted by Gasteiger charge is -2.50. The molecule has 0 amide bonds. The van der Waals surface area contributed by atoms with Gasteiger partial charge in [-0.3, -0.25) is 0 Å². The van der Waals surface area contributed by atoms with Gasteiger partial charge in [0.2, 0.25) is 0 Å². The van der Waals surface area contributed by atoms with Crippen LogP contribution in [0.4, 0.5) is 45.5 Å². The highest BCUT2D eigenvalue weighted by atomic mass is 32.1. The molecule has 2 atom stereocenters. The smallest absolute Gasteiger partial charge is 0.264 e. The normalized spacial score (nSPS) is 20.5. The van der Waals surface area contributed by atoms with E-state index in [1.165, 1.54) is 190 Å². The molecule has 5 aliphatic rings. The molecule has 2 aliphatic carbocycles. The fourth-order valence-electron chi connectivity index (χ4n) is 13.9. The molecule has 12 rings (SSSR count). The first kappa shape index (κ1) is 44.9. The molecule has 5 heteroatoms. The Bertz CT molecular complexity index is 3000.